The first kappa shape index (κ1) is 12.8. The zero-order valence-corrected chi connectivity index (χ0v) is 11.1. The van der Waals surface area contributed by atoms with Crippen LogP contribution in [-0.4, -0.2) is 23.2 Å². The number of nitrogens with zero attached hydrogens (tertiary/aromatic N) is 2. The molecule has 0 unspecified atom stereocenters. The average molecular weight is 268 g/mol. The van der Waals surface area contributed by atoms with E-state index in [4.69, 9.17) is 4.74 Å². The van der Waals surface area contributed by atoms with Gasteiger partial charge in [0.25, 0.3) is 0 Å². The van der Waals surface area contributed by atoms with Crippen molar-refractivity contribution in [3.63, 3.8) is 0 Å². The highest BCUT2D eigenvalue weighted by Gasteiger charge is 2.24. The van der Waals surface area contributed by atoms with Gasteiger partial charge in [-0.05, 0) is 13.8 Å². The van der Waals surface area contributed by atoms with Crippen molar-refractivity contribution in [3.05, 3.63) is 22.8 Å². The van der Waals surface area contributed by atoms with E-state index < -0.39 is 5.54 Å². The Morgan fingerprint density at radius 2 is 2.22 bits per heavy atom. The Kier molecular flexibility index (Phi) is 3.21. The highest BCUT2D eigenvalue weighted by atomic mass is 32.1. The first-order chi connectivity index (χ1) is 8.49. The second-order valence-electron chi connectivity index (χ2n) is 4.40. The third kappa shape index (κ3) is 2.03. The molecule has 96 valence electrons. The van der Waals surface area contributed by atoms with Crippen LogP contribution in [0.4, 0.5) is 4.39 Å². The second kappa shape index (κ2) is 4.53. The summed E-state index contributed by atoms with van der Waals surface area (Å²) in [5, 5.41) is 7.32. The molecule has 2 heterocycles. The molecule has 2 aromatic heterocycles. The van der Waals surface area contributed by atoms with E-state index >= 15 is 0 Å². The molecule has 0 saturated carbocycles. The van der Waals surface area contributed by atoms with Crippen LogP contribution in [0.5, 0.6) is 5.75 Å². The third-order valence-corrected chi connectivity index (χ3v) is 3.36. The zero-order valence-electron chi connectivity index (χ0n) is 10.3. The summed E-state index contributed by atoms with van der Waals surface area (Å²) in [6, 6.07) is 0. The quantitative estimate of drug-likeness (QED) is 0.801. The molecule has 0 N–H and O–H groups in total. The number of rotatable bonds is 4. The summed E-state index contributed by atoms with van der Waals surface area (Å²) in [6.45, 7) is 3.44. The van der Waals surface area contributed by atoms with Crippen LogP contribution in [0.25, 0.3) is 11.3 Å². The summed E-state index contributed by atoms with van der Waals surface area (Å²) in [6.07, 6.45) is 2.38. The second-order valence-corrected chi connectivity index (χ2v) is 5.14. The van der Waals surface area contributed by atoms with Crippen molar-refractivity contribution in [1.29, 1.82) is 0 Å². The van der Waals surface area contributed by atoms with Crippen molar-refractivity contribution in [2.75, 3.05) is 7.11 Å². The van der Waals surface area contributed by atoms with Gasteiger partial charge in [0.05, 0.1) is 18.9 Å². The number of methoxy groups -OCH3 is 1. The molecule has 0 saturated heterocycles. The Labute approximate surface area is 108 Å². The van der Waals surface area contributed by atoms with Crippen molar-refractivity contribution < 1.29 is 13.9 Å². The number of hydrogen-bond acceptors (Lipinski definition) is 4. The lowest BCUT2D eigenvalue weighted by Gasteiger charge is -2.16. The van der Waals surface area contributed by atoms with Crippen LogP contribution in [0.15, 0.2) is 17.0 Å². The number of carbonyl (C=O) groups excluding carboxylic acids is 1. The van der Waals surface area contributed by atoms with Gasteiger partial charge in [0.1, 0.15) is 23.3 Å². The molecular formula is C12H13FN2O2S. The topological polar surface area (TPSA) is 44.1 Å². The maximum absolute atomic E-state index is 13.6. The van der Waals surface area contributed by atoms with Gasteiger partial charge in [0, 0.05) is 10.8 Å². The molecule has 6 heteroatoms. The van der Waals surface area contributed by atoms with Gasteiger partial charge in [-0.2, -0.15) is 5.10 Å². The van der Waals surface area contributed by atoms with Crippen LogP contribution in [0, 0.1) is 5.82 Å². The summed E-state index contributed by atoms with van der Waals surface area (Å²) in [7, 11) is 1.49. The fourth-order valence-electron chi connectivity index (χ4n) is 1.49. The molecule has 0 spiro atoms. The van der Waals surface area contributed by atoms with Crippen LogP contribution in [0.2, 0.25) is 0 Å². The standard InChI is InChI=1S/C12H13FN2O2S/c1-12(2,7-16)15-4-10(17-3)11(14-15)8-5-18-6-9(8)13/h4-7H,1-3H3. The van der Waals surface area contributed by atoms with Crippen LogP contribution in [-0.2, 0) is 10.3 Å². The summed E-state index contributed by atoms with van der Waals surface area (Å²) in [5.41, 5.74) is 0.00126. The molecule has 0 aliphatic carbocycles. The van der Waals surface area contributed by atoms with Gasteiger partial charge in [0.2, 0.25) is 0 Å². The van der Waals surface area contributed by atoms with E-state index in [1.54, 1.807) is 25.4 Å². The summed E-state index contributed by atoms with van der Waals surface area (Å²) < 4.78 is 20.2. The minimum Gasteiger partial charge on any atom is -0.493 e. The maximum atomic E-state index is 13.6. The van der Waals surface area contributed by atoms with Crippen molar-refractivity contribution in [3.8, 4) is 17.0 Å². The summed E-state index contributed by atoms with van der Waals surface area (Å²) in [4.78, 5) is 11.0. The van der Waals surface area contributed by atoms with Gasteiger partial charge in [0.15, 0.2) is 5.75 Å². The van der Waals surface area contributed by atoms with Crippen molar-refractivity contribution >= 4 is 17.6 Å². The number of carbonyl (C=O) groups is 1. The Morgan fingerprint density at radius 1 is 1.50 bits per heavy atom. The largest absolute Gasteiger partial charge is 0.493 e. The van der Waals surface area contributed by atoms with Crippen molar-refractivity contribution in [1.82, 2.24) is 9.78 Å². The molecule has 2 rings (SSSR count). The van der Waals surface area contributed by atoms with Gasteiger partial charge >= 0.3 is 0 Å². The fourth-order valence-corrected chi connectivity index (χ4v) is 2.17. The van der Waals surface area contributed by atoms with E-state index in [-0.39, 0.29) is 5.82 Å². The molecule has 4 nitrogen and oxygen atoms in total. The predicted molar refractivity (Wildman–Crippen MR) is 67.4 cm³/mol. The molecule has 0 fully saturated rings. The summed E-state index contributed by atoms with van der Waals surface area (Å²) >= 11 is 1.25. The number of aldehydes is 1. The third-order valence-electron chi connectivity index (χ3n) is 2.65. The van der Waals surface area contributed by atoms with Crippen LogP contribution >= 0.6 is 11.3 Å². The molecule has 0 aliphatic heterocycles. The van der Waals surface area contributed by atoms with Gasteiger partial charge in [-0.15, -0.1) is 11.3 Å². The molecular weight excluding hydrogens is 255 g/mol. The number of aromatic nitrogens is 2. The van der Waals surface area contributed by atoms with E-state index in [9.17, 15) is 9.18 Å². The highest BCUT2D eigenvalue weighted by molar-refractivity contribution is 7.08. The van der Waals surface area contributed by atoms with Crippen LogP contribution < -0.4 is 4.74 Å². The van der Waals surface area contributed by atoms with E-state index in [0.717, 1.165) is 6.29 Å². The summed E-state index contributed by atoms with van der Waals surface area (Å²) in [5.74, 6) is 0.106. The first-order valence-electron chi connectivity index (χ1n) is 5.32. The van der Waals surface area contributed by atoms with Crippen molar-refractivity contribution in [2.24, 2.45) is 0 Å². The Morgan fingerprint density at radius 3 is 2.72 bits per heavy atom. The highest BCUT2D eigenvalue weighted by Crippen LogP contribution is 2.33. The Balaban J connectivity index is 2.56. The minimum atomic E-state index is -0.794. The molecule has 18 heavy (non-hydrogen) atoms. The predicted octanol–water partition coefficient (Wildman–Crippen LogP) is 2.69. The number of ether oxygens (including phenoxy) is 1. The minimum absolute atomic E-state index is 0.340. The van der Waals surface area contributed by atoms with Gasteiger partial charge < -0.3 is 9.53 Å². The normalized spacial score (nSPS) is 11.6. The van der Waals surface area contributed by atoms with Crippen molar-refractivity contribution in [2.45, 2.75) is 19.4 Å². The number of thiophene rings is 1. The monoisotopic (exact) mass is 268 g/mol. The molecule has 0 radical (unpaired) electrons. The van der Waals surface area contributed by atoms with Crippen LogP contribution in [0.1, 0.15) is 13.8 Å². The van der Waals surface area contributed by atoms with Gasteiger partial charge in [-0.25, -0.2) is 4.39 Å². The van der Waals surface area contributed by atoms with E-state index in [1.165, 1.54) is 28.5 Å². The Hall–Kier alpha value is -1.69. The fraction of sp³-hybridized carbons (Fsp3) is 0.333. The molecule has 0 aliphatic rings. The molecule has 0 bridgehead atoms. The first-order valence-corrected chi connectivity index (χ1v) is 6.26. The van der Waals surface area contributed by atoms with Gasteiger partial charge in [-0.3, -0.25) is 4.68 Å². The lowest BCUT2D eigenvalue weighted by Crippen LogP contribution is -2.28. The maximum Gasteiger partial charge on any atom is 0.164 e. The molecule has 0 aromatic carbocycles. The SMILES string of the molecule is COc1cn(C(C)(C)C=O)nc1-c1cscc1F. The lowest BCUT2D eigenvalue weighted by molar-refractivity contribution is -0.114. The van der Waals surface area contributed by atoms with Gasteiger partial charge in [-0.1, -0.05) is 0 Å². The number of hydrogen-bond donors (Lipinski definition) is 0. The van der Waals surface area contributed by atoms with Crippen LogP contribution in [0.3, 0.4) is 0 Å². The Bertz CT molecular complexity index is 574. The smallest absolute Gasteiger partial charge is 0.164 e. The lowest BCUT2D eigenvalue weighted by atomic mass is 10.1. The molecule has 0 amide bonds. The van der Waals surface area contributed by atoms with E-state index in [1.807, 2.05) is 0 Å². The van der Waals surface area contributed by atoms with E-state index in [2.05, 4.69) is 5.10 Å². The number of halogens is 1. The zero-order chi connectivity index (χ0) is 13.3. The average Bonchev–Trinajstić information content (AvgIpc) is 2.94. The molecule has 0 atom stereocenters. The van der Waals surface area contributed by atoms with E-state index in [0.29, 0.717) is 17.0 Å². The molecule has 2 aromatic rings.